The van der Waals surface area contributed by atoms with Gasteiger partial charge in [-0.05, 0) is 46.2 Å². The van der Waals surface area contributed by atoms with Crippen LogP contribution in [0.4, 0.5) is 14.9 Å². The molecule has 6 rings (SSSR count). The highest BCUT2D eigenvalue weighted by atomic mass is 19.1. The number of nitrogens with one attached hydrogen (secondary N) is 2. The number of carboxylic acids is 1. The number of aromatic carboxylic acids is 1. The number of likely N-dealkylation sites (tertiary alicyclic amines) is 2. The summed E-state index contributed by atoms with van der Waals surface area (Å²) in [5, 5.41) is 28.9. The summed E-state index contributed by atoms with van der Waals surface area (Å²) in [6, 6.07) is 4.67. The number of nitrogens with zero attached hydrogens (tertiary/aromatic N) is 6. The number of likely N-dealkylation sites (N-methyl/N-ethyl adjacent to an activating group) is 1. The molecule has 1 amide bonds. The number of amides is 1. The maximum absolute atomic E-state index is 15.9. The Balaban J connectivity index is 1.66. The van der Waals surface area contributed by atoms with Gasteiger partial charge in [0.1, 0.15) is 28.7 Å². The van der Waals surface area contributed by atoms with E-state index < -0.39 is 34.5 Å². The number of carbonyl (C=O) groups excluding carboxylic acids is 1. The second-order valence-electron chi connectivity index (χ2n) is 13.7. The Morgan fingerprint density at radius 3 is 2.63 bits per heavy atom. The van der Waals surface area contributed by atoms with Gasteiger partial charge in [-0.15, -0.1) is 0 Å². The van der Waals surface area contributed by atoms with Gasteiger partial charge in [0, 0.05) is 92.7 Å². The molecule has 2 fully saturated rings. The van der Waals surface area contributed by atoms with Crippen molar-refractivity contribution < 1.29 is 23.8 Å². The number of nitriles is 1. The predicted molar refractivity (Wildman–Crippen MR) is 183 cm³/mol. The zero-order chi connectivity index (χ0) is 35.5. The number of pyridine rings is 2. The summed E-state index contributed by atoms with van der Waals surface area (Å²) in [7, 11) is 5.09. The molecule has 3 aromatic heterocycles. The van der Waals surface area contributed by atoms with Gasteiger partial charge in [-0.1, -0.05) is 0 Å². The second-order valence-corrected chi connectivity index (χ2v) is 13.7. The number of H-pyrrole nitrogens is 1. The van der Waals surface area contributed by atoms with E-state index >= 15 is 4.39 Å². The molecule has 2 aliphatic rings. The monoisotopic (exact) mass is 668 g/mol. The van der Waals surface area contributed by atoms with Crippen molar-refractivity contribution in [1.82, 2.24) is 24.3 Å². The summed E-state index contributed by atoms with van der Waals surface area (Å²) in [6.07, 6.45) is 5.64. The molecule has 49 heavy (non-hydrogen) atoms. The van der Waals surface area contributed by atoms with E-state index in [-0.39, 0.29) is 33.7 Å². The number of fused-ring (bicyclic) bond motifs is 3. The van der Waals surface area contributed by atoms with Crippen LogP contribution in [0, 0.1) is 28.5 Å². The summed E-state index contributed by atoms with van der Waals surface area (Å²) in [4.78, 5) is 51.6. The summed E-state index contributed by atoms with van der Waals surface area (Å²) in [5.41, 5.74) is 0.185. The number of anilines is 1. The molecule has 1 aromatic carbocycles. The van der Waals surface area contributed by atoms with Gasteiger partial charge in [-0.25, -0.2) is 19.0 Å². The second kappa shape index (κ2) is 12.2. The van der Waals surface area contributed by atoms with Crippen molar-refractivity contribution >= 4 is 57.2 Å². The number of hydrogen-bond acceptors (Lipinski definition) is 9. The first kappa shape index (κ1) is 33.4. The van der Waals surface area contributed by atoms with Gasteiger partial charge in [0.05, 0.1) is 27.9 Å². The Bertz CT molecular complexity index is 2190. The molecule has 2 saturated heterocycles. The molecule has 0 unspecified atom stereocenters. The van der Waals surface area contributed by atoms with Crippen molar-refractivity contribution in [2.75, 3.05) is 38.6 Å². The van der Waals surface area contributed by atoms with E-state index in [1.54, 1.807) is 34.0 Å². The number of aromatic amines is 1. The van der Waals surface area contributed by atoms with Gasteiger partial charge in [0.15, 0.2) is 0 Å². The molecule has 0 bridgehead atoms. The number of benzene rings is 1. The third-order valence-corrected chi connectivity index (χ3v) is 9.26. The molecular weight excluding hydrogens is 631 g/mol. The number of carbonyl (C=O) groups is 2. The van der Waals surface area contributed by atoms with E-state index in [0.717, 1.165) is 31.8 Å². The summed E-state index contributed by atoms with van der Waals surface area (Å²) in [5.74, 6) is -1.89. The summed E-state index contributed by atoms with van der Waals surface area (Å²) in [6.45, 7) is 7.37. The van der Waals surface area contributed by atoms with Crippen LogP contribution in [-0.4, -0.2) is 93.1 Å². The smallest absolute Gasteiger partial charge is 0.414 e. The summed E-state index contributed by atoms with van der Waals surface area (Å²) >= 11 is 0. The quantitative estimate of drug-likeness (QED) is 0.247. The third-order valence-electron chi connectivity index (χ3n) is 9.26. The Morgan fingerprint density at radius 1 is 1.24 bits per heavy atom. The lowest BCUT2D eigenvalue weighted by atomic mass is 9.95. The molecule has 0 aliphatic carbocycles. The van der Waals surface area contributed by atoms with Gasteiger partial charge < -0.3 is 34.6 Å². The predicted octanol–water partition coefficient (Wildman–Crippen LogP) is 4.65. The molecule has 0 spiro atoms. The molecular formula is C35H37FN8O5. The maximum Gasteiger partial charge on any atom is 0.414 e. The number of allylic oxidation sites excluding steroid dienone is 1. The number of rotatable bonds is 6. The molecule has 0 radical (unpaired) electrons. The van der Waals surface area contributed by atoms with E-state index in [1.165, 1.54) is 35.0 Å². The minimum Gasteiger partial charge on any atom is -0.477 e. The highest BCUT2D eigenvalue weighted by molar-refractivity contribution is 6.21. The topological polar surface area (TPSA) is 172 Å². The molecule has 14 heteroatoms. The van der Waals surface area contributed by atoms with Crippen LogP contribution in [0.2, 0.25) is 0 Å². The fourth-order valence-corrected chi connectivity index (χ4v) is 7.11. The van der Waals surface area contributed by atoms with Gasteiger partial charge in [0.2, 0.25) is 5.43 Å². The number of aromatic nitrogens is 3. The standard InChI is InChI=1S/C35H37FN8O5/c1-35(2,3)49-34(48)43(6)26-10-25(36)22(12-38)28-23(14-39-29(26)28)30(44-8-7-18-15-41(4)17-27(18)44)21(11-37)19-9-20-31(45)24(33(46)47)16-42(5)32(20)40-13-19/h9-11,13-14,16,18,27,37,39H,7-8,15,17H2,1-6H3,(H,46,47)/b30-21-,37-11?/t18-,27+/m0/s1. The minimum atomic E-state index is -1.37. The van der Waals surface area contributed by atoms with Crippen molar-refractivity contribution in [2.24, 2.45) is 13.0 Å². The first-order chi connectivity index (χ1) is 23.1. The normalized spacial score (nSPS) is 18.4. The zero-order valence-electron chi connectivity index (χ0n) is 28.1. The number of halogens is 1. The highest BCUT2D eigenvalue weighted by Crippen LogP contribution is 2.44. The van der Waals surface area contributed by atoms with Crippen molar-refractivity contribution in [3.8, 4) is 6.07 Å². The van der Waals surface area contributed by atoms with Crippen LogP contribution in [0.5, 0.6) is 0 Å². The van der Waals surface area contributed by atoms with E-state index in [2.05, 4.69) is 19.8 Å². The van der Waals surface area contributed by atoms with Crippen molar-refractivity contribution in [1.29, 1.82) is 10.7 Å². The number of carboxylic acid groups (broad SMARTS) is 1. The van der Waals surface area contributed by atoms with Crippen molar-refractivity contribution in [3.63, 3.8) is 0 Å². The molecule has 2 aliphatic heterocycles. The molecule has 13 nitrogen and oxygen atoms in total. The molecule has 3 N–H and O–H groups in total. The average molecular weight is 669 g/mol. The van der Waals surface area contributed by atoms with Crippen molar-refractivity contribution in [2.45, 2.75) is 38.8 Å². The van der Waals surface area contributed by atoms with Crippen LogP contribution in [0.1, 0.15) is 54.2 Å². The molecule has 2 atom stereocenters. The van der Waals surface area contributed by atoms with Gasteiger partial charge in [-0.3, -0.25) is 9.69 Å². The van der Waals surface area contributed by atoms with E-state index in [9.17, 15) is 24.8 Å². The largest absolute Gasteiger partial charge is 0.477 e. The van der Waals surface area contributed by atoms with Gasteiger partial charge >= 0.3 is 12.1 Å². The van der Waals surface area contributed by atoms with E-state index in [1.807, 2.05) is 13.1 Å². The van der Waals surface area contributed by atoms with Crippen LogP contribution in [0.25, 0.3) is 33.2 Å². The lowest BCUT2D eigenvalue weighted by Crippen LogP contribution is -2.34. The third kappa shape index (κ3) is 5.69. The lowest BCUT2D eigenvalue weighted by molar-refractivity contribution is 0.0588. The average Bonchev–Trinajstić information content (AvgIpc) is 3.74. The van der Waals surface area contributed by atoms with E-state index in [4.69, 9.17) is 10.1 Å². The van der Waals surface area contributed by atoms with Gasteiger partial charge in [0.25, 0.3) is 0 Å². The lowest BCUT2D eigenvalue weighted by Gasteiger charge is -2.31. The fraction of sp³-hybridized carbons (Fsp3) is 0.371. The highest BCUT2D eigenvalue weighted by Gasteiger charge is 2.42. The van der Waals surface area contributed by atoms with Crippen LogP contribution in [0.3, 0.4) is 0 Å². The van der Waals surface area contributed by atoms with Crippen molar-refractivity contribution in [3.05, 3.63) is 69.0 Å². The first-order valence-electron chi connectivity index (χ1n) is 15.8. The minimum absolute atomic E-state index is 0.0304. The Kier molecular flexibility index (Phi) is 8.28. The number of hydrogen-bond donors (Lipinski definition) is 3. The van der Waals surface area contributed by atoms with Crippen LogP contribution in [0.15, 0.2) is 35.5 Å². The SMILES string of the molecule is CN1C[C@@H]2CCN(/C(=C(/C=N)c3cnc4c(c3)c(=O)c(C(=O)O)cn4C)c3c[nH]c4c(N(C)C(=O)OC(C)(C)C)cc(F)c(C#N)c34)[C@@H]2C1. The molecule has 5 heterocycles. The number of ether oxygens (including phenoxy) is 1. The van der Waals surface area contributed by atoms with E-state index in [0.29, 0.717) is 40.4 Å². The van der Waals surface area contributed by atoms with Crippen LogP contribution >= 0.6 is 0 Å². The zero-order valence-corrected chi connectivity index (χ0v) is 28.1. The Morgan fingerprint density at radius 2 is 1.98 bits per heavy atom. The molecule has 0 saturated carbocycles. The van der Waals surface area contributed by atoms with Crippen LogP contribution in [-0.2, 0) is 11.8 Å². The number of aryl methyl sites for hydroxylation is 1. The maximum atomic E-state index is 15.9. The molecule has 254 valence electrons. The fourth-order valence-electron chi connectivity index (χ4n) is 7.11. The first-order valence-corrected chi connectivity index (χ1v) is 15.8. The Labute approximate surface area is 281 Å². The van der Waals surface area contributed by atoms with Gasteiger partial charge in [-0.2, -0.15) is 5.26 Å². The molecule has 4 aromatic rings. The summed E-state index contributed by atoms with van der Waals surface area (Å²) < 4.78 is 22.9. The Hall–Kier alpha value is -5.55. The van der Waals surface area contributed by atoms with Crippen LogP contribution < -0.4 is 10.3 Å².